The number of halogens is 1. The van der Waals surface area contributed by atoms with Gasteiger partial charge in [-0.15, -0.1) is 6.58 Å². The zero-order valence-electron chi connectivity index (χ0n) is 15.7. The van der Waals surface area contributed by atoms with Crippen molar-refractivity contribution in [3.05, 3.63) is 71.3 Å². The number of carbonyl (C=O) groups is 1. The molecule has 2 rings (SSSR count). The molecule has 1 unspecified atom stereocenters. The summed E-state index contributed by atoms with van der Waals surface area (Å²) >= 11 is 5.92. The van der Waals surface area contributed by atoms with Crippen LogP contribution in [0.1, 0.15) is 18.1 Å². The van der Waals surface area contributed by atoms with Gasteiger partial charge in [0.2, 0.25) is 10.0 Å². The third-order valence-corrected chi connectivity index (χ3v) is 5.39. The lowest BCUT2D eigenvalue weighted by Gasteiger charge is -2.16. The predicted molar refractivity (Wildman–Crippen MR) is 112 cm³/mol. The quantitative estimate of drug-likeness (QED) is 0.604. The van der Waals surface area contributed by atoms with Crippen molar-refractivity contribution >= 4 is 33.2 Å². The van der Waals surface area contributed by atoms with Crippen LogP contribution in [0.3, 0.4) is 0 Å². The van der Waals surface area contributed by atoms with Crippen LogP contribution in [0.2, 0.25) is 5.02 Å². The van der Waals surface area contributed by atoms with E-state index in [1.807, 2.05) is 6.92 Å². The second kappa shape index (κ2) is 9.73. The van der Waals surface area contributed by atoms with Gasteiger partial charge in [-0.1, -0.05) is 29.8 Å². The highest BCUT2D eigenvalue weighted by Gasteiger charge is 2.16. The second-order valence-electron chi connectivity index (χ2n) is 6.25. The van der Waals surface area contributed by atoms with E-state index in [1.165, 1.54) is 6.08 Å². The highest BCUT2D eigenvalue weighted by molar-refractivity contribution is 7.88. The molecule has 0 aliphatic rings. The Morgan fingerprint density at radius 3 is 2.54 bits per heavy atom. The molecule has 6 nitrogen and oxygen atoms in total. The molecule has 1 amide bonds. The fraction of sp³-hybridized carbons (Fsp3) is 0.250. The molecule has 0 radical (unpaired) electrons. The van der Waals surface area contributed by atoms with E-state index in [0.717, 1.165) is 5.56 Å². The summed E-state index contributed by atoms with van der Waals surface area (Å²) in [5.74, 6) is 0.117. The van der Waals surface area contributed by atoms with Crippen molar-refractivity contribution in [1.82, 2.24) is 4.72 Å². The molecule has 2 N–H and O–H groups in total. The van der Waals surface area contributed by atoms with Crippen molar-refractivity contribution in [2.75, 3.05) is 11.9 Å². The maximum atomic E-state index is 12.3. The molecule has 0 bridgehead atoms. The first-order valence-corrected chi connectivity index (χ1v) is 10.6. The molecule has 0 saturated heterocycles. The van der Waals surface area contributed by atoms with Gasteiger partial charge in [0.25, 0.3) is 5.91 Å². The fourth-order valence-corrected chi connectivity index (χ4v) is 3.71. The van der Waals surface area contributed by atoms with Gasteiger partial charge in [0.15, 0.2) is 6.10 Å². The number of anilines is 1. The Morgan fingerprint density at radius 2 is 1.93 bits per heavy atom. The van der Waals surface area contributed by atoms with E-state index in [4.69, 9.17) is 16.3 Å². The molecule has 0 aromatic heterocycles. The van der Waals surface area contributed by atoms with E-state index in [-0.39, 0.29) is 18.2 Å². The zero-order chi connectivity index (χ0) is 20.7. The molecule has 150 valence electrons. The van der Waals surface area contributed by atoms with Crippen molar-refractivity contribution in [1.29, 1.82) is 0 Å². The van der Waals surface area contributed by atoms with Gasteiger partial charge in [0, 0.05) is 17.3 Å². The number of sulfonamides is 1. The molecule has 2 aromatic carbocycles. The van der Waals surface area contributed by atoms with Crippen LogP contribution in [0.15, 0.2) is 55.1 Å². The number of nitrogens with one attached hydrogen (secondary N) is 2. The van der Waals surface area contributed by atoms with Crippen LogP contribution in [-0.4, -0.2) is 27.0 Å². The summed E-state index contributed by atoms with van der Waals surface area (Å²) in [7, 11) is -3.43. The Kier molecular flexibility index (Phi) is 7.62. The number of aryl methyl sites for hydroxylation is 1. The minimum atomic E-state index is -3.43. The van der Waals surface area contributed by atoms with E-state index in [0.29, 0.717) is 22.0 Å². The van der Waals surface area contributed by atoms with Crippen LogP contribution in [-0.2, 0) is 20.6 Å². The van der Waals surface area contributed by atoms with Crippen LogP contribution < -0.4 is 14.8 Å². The first-order chi connectivity index (χ1) is 13.2. The third-order valence-electron chi connectivity index (χ3n) is 3.84. The standard InChI is InChI=1S/C20H23ClN2O4S/c1-4-11-22-28(25,26)13-16-5-8-18(9-6-16)23-20(24)15(3)27-19-10-7-17(21)12-14(19)2/h4-10,12,15,22H,1,11,13H2,2-3H3,(H,23,24). The molecule has 0 spiro atoms. The summed E-state index contributed by atoms with van der Waals surface area (Å²) in [4.78, 5) is 12.3. The van der Waals surface area contributed by atoms with Crippen molar-refractivity contribution < 1.29 is 17.9 Å². The van der Waals surface area contributed by atoms with Gasteiger partial charge in [-0.05, 0) is 55.3 Å². The van der Waals surface area contributed by atoms with Crippen LogP contribution in [0.5, 0.6) is 5.75 Å². The minimum Gasteiger partial charge on any atom is -0.481 e. The van der Waals surface area contributed by atoms with Gasteiger partial charge in [-0.2, -0.15) is 0 Å². The SMILES string of the molecule is C=CCNS(=O)(=O)Cc1ccc(NC(=O)C(C)Oc2ccc(Cl)cc2C)cc1. The molecule has 2 aromatic rings. The Balaban J connectivity index is 1.95. The van der Waals surface area contributed by atoms with Gasteiger partial charge in [0.05, 0.1) is 5.75 Å². The molecule has 28 heavy (non-hydrogen) atoms. The van der Waals surface area contributed by atoms with Gasteiger partial charge in [0.1, 0.15) is 5.75 Å². The molecule has 0 saturated carbocycles. The first-order valence-electron chi connectivity index (χ1n) is 8.61. The Bertz CT molecular complexity index is 943. The lowest BCUT2D eigenvalue weighted by Crippen LogP contribution is -2.30. The number of benzene rings is 2. The average Bonchev–Trinajstić information content (AvgIpc) is 2.63. The van der Waals surface area contributed by atoms with Gasteiger partial charge in [-0.3, -0.25) is 4.79 Å². The van der Waals surface area contributed by atoms with Crippen LogP contribution in [0, 0.1) is 6.92 Å². The lowest BCUT2D eigenvalue weighted by molar-refractivity contribution is -0.122. The molecule has 0 aliphatic carbocycles. The highest BCUT2D eigenvalue weighted by Crippen LogP contribution is 2.23. The highest BCUT2D eigenvalue weighted by atomic mass is 35.5. The van der Waals surface area contributed by atoms with E-state index in [1.54, 1.807) is 49.4 Å². The number of ether oxygens (including phenoxy) is 1. The van der Waals surface area contributed by atoms with Crippen LogP contribution in [0.25, 0.3) is 0 Å². The van der Waals surface area contributed by atoms with Crippen molar-refractivity contribution in [3.8, 4) is 5.75 Å². The summed E-state index contributed by atoms with van der Waals surface area (Å²) in [5, 5.41) is 3.35. The van der Waals surface area contributed by atoms with Gasteiger partial charge < -0.3 is 10.1 Å². The summed E-state index contributed by atoms with van der Waals surface area (Å²) in [6, 6.07) is 11.8. The molecule has 8 heteroatoms. The molecular formula is C20H23ClN2O4S. The normalized spacial score (nSPS) is 12.2. The number of hydrogen-bond acceptors (Lipinski definition) is 4. The van der Waals surface area contributed by atoms with E-state index in [2.05, 4.69) is 16.6 Å². The molecular weight excluding hydrogens is 400 g/mol. The molecule has 0 fully saturated rings. The summed E-state index contributed by atoms with van der Waals surface area (Å²) in [5.41, 5.74) is 1.99. The lowest BCUT2D eigenvalue weighted by atomic mass is 10.2. The summed E-state index contributed by atoms with van der Waals surface area (Å²) in [6.45, 7) is 7.16. The maximum absolute atomic E-state index is 12.3. The van der Waals surface area contributed by atoms with Crippen LogP contribution >= 0.6 is 11.6 Å². The third kappa shape index (κ3) is 6.67. The minimum absolute atomic E-state index is 0.148. The number of rotatable bonds is 9. The Hall–Kier alpha value is -2.35. The van der Waals surface area contributed by atoms with Gasteiger partial charge >= 0.3 is 0 Å². The van der Waals surface area contributed by atoms with E-state index in [9.17, 15) is 13.2 Å². The maximum Gasteiger partial charge on any atom is 0.265 e. The number of hydrogen-bond donors (Lipinski definition) is 2. The number of carbonyl (C=O) groups excluding carboxylic acids is 1. The average molecular weight is 423 g/mol. The Labute approximate surface area is 170 Å². The smallest absolute Gasteiger partial charge is 0.265 e. The monoisotopic (exact) mass is 422 g/mol. The van der Waals surface area contributed by atoms with Gasteiger partial charge in [-0.25, -0.2) is 13.1 Å². The predicted octanol–water partition coefficient (Wildman–Crippen LogP) is 3.66. The topological polar surface area (TPSA) is 84.5 Å². The van der Waals surface area contributed by atoms with E-state index < -0.39 is 16.1 Å². The largest absolute Gasteiger partial charge is 0.481 e. The van der Waals surface area contributed by atoms with E-state index >= 15 is 0 Å². The summed E-state index contributed by atoms with van der Waals surface area (Å²) < 4.78 is 31.9. The van der Waals surface area contributed by atoms with Crippen molar-refractivity contribution in [3.63, 3.8) is 0 Å². The summed E-state index contributed by atoms with van der Waals surface area (Å²) in [6.07, 6.45) is 0.758. The molecule has 1 atom stereocenters. The second-order valence-corrected chi connectivity index (χ2v) is 8.50. The van der Waals surface area contributed by atoms with Crippen molar-refractivity contribution in [2.24, 2.45) is 0 Å². The zero-order valence-corrected chi connectivity index (χ0v) is 17.3. The first kappa shape index (κ1) is 21.9. The molecule has 0 heterocycles. The Morgan fingerprint density at radius 1 is 1.25 bits per heavy atom. The van der Waals surface area contributed by atoms with Crippen molar-refractivity contribution in [2.45, 2.75) is 25.7 Å². The number of amides is 1. The van der Waals surface area contributed by atoms with Crippen LogP contribution in [0.4, 0.5) is 5.69 Å². The molecule has 0 aliphatic heterocycles. The fourth-order valence-electron chi connectivity index (χ4n) is 2.37.